The Morgan fingerprint density at radius 1 is 1.21 bits per heavy atom. The number of rotatable bonds is 8. The molecule has 1 aromatic carbocycles. The lowest BCUT2D eigenvalue weighted by Gasteiger charge is -2.17. The largest absolute Gasteiger partial charge is 0.491 e. The first kappa shape index (κ1) is 20.9. The average Bonchev–Trinajstić information content (AvgIpc) is 3.11. The van der Waals surface area contributed by atoms with Crippen molar-refractivity contribution in [3.8, 4) is 5.75 Å². The molecule has 3 aromatic rings. The zero-order valence-electron chi connectivity index (χ0n) is 17.0. The standard InChI is InChI=1S/C22H25N3O3S/c1-14(2)27-19-8-5-7-17(12-19)16(4)24-21(26)20-9-6-10-23-22(20)29-13-18-11-15(3)28-25-18/h5-12,14,16H,13H2,1-4H3,(H,24,26)/t16-/m0/s1. The Kier molecular flexibility index (Phi) is 6.93. The summed E-state index contributed by atoms with van der Waals surface area (Å²) in [5, 5.41) is 7.70. The van der Waals surface area contributed by atoms with Crippen LogP contribution in [0.2, 0.25) is 0 Å². The van der Waals surface area contributed by atoms with Gasteiger partial charge in [-0.3, -0.25) is 4.79 Å². The quantitative estimate of drug-likeness (QED) is 0.529. The van der Waals surface area contributed by atoms with Gasteiger partial charge in [0.15, 0.2) is 0 Å². The van der Waals surface area contributed by atoms with Gasteiger partial charge in [-0.05, 0) is 57.5 Å². The summed E-state index contributed by atoms with van der Waals surface area (Å²) in [7, 11) is 0. The molecule has 1 N–H and O–H groups in total. The van der Waals surface area contributed by atoms with Crippen LogP contribution in [0.3, 0.4) is 0 Å². The number of nitrogens with zero attached hydrogens (tertiary/aromatic N) is 2. The van der Waals surface area contributed by atoms with E-state index in [1.54, 1.807) is 18.3 Å². The van der Waals surface area contributed by atoms with Gasteiger partial charge in [0, 0.05) is 18.0 Å². The van der Waals surface area contributed by atoms with Gasteiger partial charge in [-0.15, -0.1) is 0 Å². The van der Waals surface area contributed by atoms with Crippen LogP contribution in [0.1, 0.15) is 54.2 Å². The van der Waals surface area contributed by atoms with Crippen molar-refractivity contribution >= 4 is 17.7 Å². The summed E-state index contributed by atoms with van der Waals surface area (Å²) in [6.07, 6.45) is 1.78. The van der Waals surface area contributed by atoms with Crippen LogP contribution >= 0.6 is 11.8 Å². The molecule has 0 bridgehead atoms. The summed E-state index contributed by atoms with van der Waals surface area (Å²) in [5.74, 6) is 1.97. The molecule has 1 amide bonds. The van der Waals surface area contributed by atoms with Crippen molar-refractivity contribution in [2.45, 2.75) is 50.6 Å². The van der Waals surface area contributed by atoms with Crippen LogP contribution in [-0.4, -0.2) is 22.2 Å². The van der Waals surface area contributed by atoms with Gasteiger partial charge in [0.25, 0.3) is 5.91 Å². The van der Waals surface area contributed by atoms with Crippen LogP contribution in [0.5, 0.6) is 5.75 Å². The first-order valence-corrected chi connectivity index (χ1v) is 10.5. The van der Waals surface area contributed by atoms with Gasteiger partial charge in [0.1, 0.15) is 16.5 Å². The summed E-state index contributed by atoms with van der Waals surface area (Å²) in [6.45, 7) is 7.77. The Labute approximate surface area is 175 Å². The first-order chi connectivity index (χ1) is 13.9. The van der Waals surface area contributed by atoms with E-state index in [1.165, 1.54) is 11.8 Å². The van der Waals surface area contributed by atoms with Gasteiger partial charge in [-0.25, -0.2) is 4.98 Å². The number of carbonyl (C=O) groups is 1. The molecule has 2 aromatic heterocycles. The number of benzene rings is 1. The van der Waals surface area contributed by atoms with Crippen molar-refractivity contribution in [3.05, 3.63) is 71.2 Å². The molecule has 0 saturated carbocycles. The van der Waals surface area contributed by atoms with E-state index in [1.807, 2.05) is 58.0 Å². The van der Waals surface area contributed by atoms with Gasteiger partial charge in [0.05, 0.1) is 23.4 Å². The molecule has 2 heterocycles. The van der Waals surface area contributed by atoms with E-state index in [4.69, 9.17) is 9.26 Å². The monoisotopic (exact) mass is 411 g/mol. The summed E-state index contributed by atoms with van der Waals surface area (Å²) in [6, 6.07) is 13.0. The molecular weight excluding hydrogens is 386 g/mol. The zero-order valence-corrected chi connectivity index (χ0v) is 17.8. The number of carbonyl (C=O) groups excluding carboxylic acids is 1. The van der Waals surface area contributed by atoms with Crippen LogP contribution in [0.25, 0.3) is 0 Å². The van der Waals surface area contributed by atoms with E-state index in [9.17, 15) is 4.79 Å². The predicted octanol–water partition coefficient (Wildman–Crippen LogP) is 4.95. The molecule has 0 saturated heterocycles. The number of hydrogen-bond donors (Lipinski definition) is 1. The third-order valence-electron chi connectivity index (χ3n) is 4.13. The number of hydrogen-bond acceptors (Lipinski definition) is 6. The van der Waals surface area contributed by atoms with Gasteiger partial charge in [0.2, 0.25) is 0 Å². The second-order valence-corrected chi connectivity index (χ2v) is 7.97. The molecule has 6 nitrogen and oxygen atoms in total. The molecule has 0 aliphatic heterocycles. The molecule has 0 fully saturated rings. The van der Waals surface area contributed by atoms with Gasteiger partial charge >= 0.3 is 0 Å². The van der Waals surface area contributed by atoms with E-state index < -0.39 is 0 Å². The summed E-state index contributed by atoms with van der Waals surface area (Å²) >= 11 is 1.46. The fraction of sp³-hybridized carbons (Fsp3) is 0.318. The number of pyridine rings is 1. The second-order valence-electron chi connectivity index (χ2n) is 7.01. The maximum atomic E-state index is 12.9. The first-order valence-electron chi connectivity index (χ1n) is 9.50. The van der Waals surface area contributed by atoms with E-state index in [0.717, 1.165) is 22.8 Å². The summed E-state index contributed by atoms with van der Waals surface area (Å²) in [4.78, 5) is 17.3. The van der Waals surface area contributed by atoms with E-state index in [0.29, 0.717) is 16.3 Å². The third-order valence-corrected chi connectivity index (χ3v) is 5.17. The lowest BCUT2D eigenvalue weighted by molar-refractivity contribution is 0.0936. The lowest BCUT2D eigenvalue weighted by Crippen LogP contribution is -2.27. The highest BCUT2D eigenvalue weighted by molar-refractivity contribution is 7.98. The van der Waals surface area contributed by atoms with Crippen molar-refractivity contribution in [2.75, 3.05) is 0 Å². The van der Waals surface area contributed by atoms with E-state index >= 15 is 0 Å². The van der Waals surface area contributed by atoms with Crippen LogP contribution in [0.4, 0.5) is 0 Å². The van der Waals surface area contributed by atoms with Crippen molar-refractivity contribution in [1.29, 1.82) is 0 Å². The van der Waals surface area contributed by atoms with Gasteiger partial charge in [-0.2, -0.15) is 0 Å². The normalized spacial score (nSPS) is 12.0. The van der Waals surface area contributed by atoms with Crippen molar-refractivity contribution in [3.63, 3.8) is 0 Å². The van der Waals surface area contributed by atoms with E-state index in [2.05, 4.69) is 15.5 Å². The number of aromatic nitrogens is 2. The minimum atomic E-state index is -0.172. The van der Waals surface area contributed by atoms with Crippen LogP contribution in [-0.2, 0) is 5.75 Å². The molecule has 0 radical (unpaired) electrons. The minimum Gasteiger partial charge on any atom is -0.491 e. The van der Waals surface area contributed by atoms with E-state index in [-0.39, 0.29) is 18.1 Å². The third kappa shape index (κ3) is 5.84. The highest BCUT2D eigenvalue weighted by Crippen LogP contribution is 2.25. The fourth-order valence-electron chi connectivity index (χ4n) is 2.79. The number of thioether (sulfide) groups is 1. The Balaban J connectivity index is 1.69. The van der Waals surface area contributed by atoms with Gasteiger partial charge in [-0.1, -0.05) is 29.1 Å². The summed E-state index contributed by atoms with van der Waals surface area (Å²) < 4.78 is 10.8. The van der Waals surface area contributed by atoms with Crippen LogP contribution in [0.15, 0.2) is 58.2 Å². The second kappa shape index (κ2) is 9.60. The predicted molar refractivity (Wildman–Crippen MR) is 113 cm³/mol. The molecule has 29 heavy (non-hydrogen) atoms. The van der Waals surface area contributed by atoms with Crippen LogP contribution in [0, 0.1) is 6.92 Å². The lowest BCUT2D eigenvalue weighted by atomic mass is 10.1. The van der Waals surface area contributed by atoms with Crippen LogP contribution < -0.4 is 10.1 Å². The molecular formula is C22H25N3O3S. The maximum Gasteiger partial charge on any atom is 0.254 e. The van der Waals surface area contributed by atoms with Crippen molar-refractivity contribution in [2.24, 2.45) is 0 Å². The number of amides is 1. The minimum absolute atomic E-state index is 0.0960. The van der Waals surface area contributed by atoms with Crippen molar-refractivity contribution in [1.82, 2.24) is 15.5 Å². The highest BCUT2D eigenvalue weighted by Gasteiger charge is 2.17. The average molecular weight is 412 g/mol. The fourth-order valence-corrected chi connectivity index (χ4v) is 3.67. The molecule has 0 aliphatic carbocycles. The highest BCUT2D eigenvalue weighted by atomic mass is 32.2. The molecule has 3 rings (SSSR count). The zero-order chi connectivity index (χ0) is 20.8. The SMILES string of the molecule is Cc1cc(CSc2ncccc2C(=O)N[C@@H](C)c2cccc(OC(C)C)c2)no1. The molecule has 0 spiro atoms. The Morgan fingerprint density at radius 3 is 2.76 bits per heavy atom. The number of aryl methyl sites for hydroxylation is 1. The molecule has 7 heteroatoms. The molecule has 0 aliphatic rings. The maximum absolute atomic E-state index is 12.9. The topological polar surface area (TPSA) is 77.2 Å². The Hall–Kier alpha value is -2.80. The van der Waals surface area contributed by atoms with Crippen molar-refractivity contribution < 1.29 is 14.1 Å². The number of nitrogens with one attached hydrogen (secondary N) is 1. The Bertz CT molecular complexity index is 971. The summed E-state index contributed by atoms with van der Waals surface area (Å²) in [5.41, 5.74) is 2.34. The Morgan fingerprint density at radius 2 is 2.03 bits per heavy atom. The smallest absolute Gasteiger partial charge is 0.254 e. The molecule has 152 valence electrons. The van der Waals surface area contributed by atoms with Gasteiger partial charge < -0.3 is 14.6 Å². The molecule has 0 unspecified atom stereocenters. The molecule has 1 atom stereocenters. The number of ether oxygens (including phenoxy) is 1.